The standard InChI is InChI=1S/C12H14O3S/c13-7-3-1-2-4-10-5-6-11(16-10)12-14-8-9-15-12/h5-6,12-13H,1,3,7-9H2. The first-order chi connectivity index (χ1) is 7.90. The first-order valence-electron chi connectivity index (χ1n) is 5.33. The van der Waals surface area contributed by atoms with Crippen LogP contribution in [0.1, 0.15) is 28.9 Å². The van der Waals surface area contributed by atoms with Crippen molar-refractivity contribution < 1.29 is 14.6 Å². The molecule has 0 unspecified atom stereocenters. The second-order valence-electron chi connectivity index (χ2n) is 3.40. The molecule has 0 aliphatic carbocycles. The van der Waals surface area contributed by atoms with Crippen LogP contribution in [0.5, 0.6) is 0 Å². The predicted octanol–water partition coefficient (Wildman–Crippen LogP) is 1.92. The number of unbranched alkanes of at least 4 members (excludes halogenated alkanes) is 1. The molecule has 2 heterocycles. The zero-order valence-corrected chi connectivity index (χ0v) is 9.76. The van der Waals surface area contributed by atoms with Crippen molar-refractivity contribution in [2.75, 3.05) is 19.8 Å². The number of hydrogen-bond donors (Lipinski definition) is 1. The van der Waals surface area contributed by atoms with Gasteiger partial charge in [-0.1, -0.05) is 11.8 Å². The largest absolute Gasteiger partial charge is 0.396 e. The second kappa shape index (κ2) is 6.02. The summed E-state index contributed by atoms with van der Waals surface area (Å²) < 4.78 is 10.8. The Bertz CT molecular complexity index is 382. The Balaban J connectivity index is 1.92. The van der Waals surface area contributed by atoms with E-state index < -0.39 is 0 Å². The minimum absolute atomic E-state index is 0.196. The molecular formula is C12H14O3S. The lowest BCUT2D eigenvalue weighted by Crippen LogP contribution is -1.93. The van der Waals surface area contributed by atoms with Crippen molar-refractivity contribution in [2.24, 2.45) is 0 Å². The van der Waals surface area contributed by atoms with E-state index in [4.69, 9.17) is 14.6 Å². The third-order valence-corrected chi connectivity index (χ3v) is 3.17. The molecule has 2 rings (SSSR count). The third-order valence-electron chi connectivity index (χ3n) is 2.15. The highest BCUT2D eigenvalue weighted by Gasteiger charge is 2.19. The van der Waals surface area contributed by atoms with Crippen molar-refractivity contribution in [3.8, 4) is 11.8 Å². The zero-order valence-electron chi connectivity index (χ0n) is 8.94. The van der Waals surface area contributed by atoms with E-state index in [-0.39, 0.29) is 12.9 Å². The van der Waals surface area contributed by atoms with Gasteiger partial charge in [-0.3, -0.25) is 0 Å². The van der Waals surface area contributed by atoms with Gasteiger partial charge in [-0.15, -0.1) is 11.3 Å². The first-order valence-corrected chi connectivity index (χ1v) is 6.14. The summed E-state index contributed by atoms with van der Waals surface area (Å²) in [5.41, 5.74) is 0. The van der Waals surface area contributed by atoms with Crippen LogP contribution < -0.4 is 0 Å². The molecule has 4 heteroatoms. The molecule has 1 N–H and O–H groups in total. The Morgan fingerprint density at radius 3 is 2.94 bits per heavy atom. The summed E-state index contributed by atoms with van der Waals surface area (Å²) in [6, 6.07) is 3.98. The van der Waals surface area contributed by atoms with Gasteiger partial charge in [-0.05, 0) is 18.6 Å². The van der Waals surface area contributed by atoms with Crippen molar-refractivity contribution in [1.29, 1.82) is 0 Å². The Morgan fingerprint density at radius 2 is 2.19 bits per heavy atom. The van der Waals surface area contributed by atoms with Crippen LogP contribution in [0.2, 0.25) is 0 Å². The Hall–Kier alpha value is -0.860. The van der Waals surface area contributed by atoms with Crippen LogP contribution in [0.15, 0.2) is 12.1 Å². The number of ether oxygens (including phenoxy) is 2. The van der Waals surface area contributed by atoms with Gasteiger partial charge in [0.1, 0.15) is 0 Å². The van der Waals surface area contributed by atoms with Gasteiger partial charge >= 0.3 is 0 Å². The predicted molar refractivity (Wildman–Crippen MR) is 62.2 cm³/mol. The fourth-order valence-electron chi connectivity index (χ4n) is 1.39. The second-order valence-corrected chi connectivity index (χ2v) is 4.52. The van der Waals surface area contributed by atoms with Crippen molar-refractivity contribution >= 4 is 11.3 Å². The van der Waals surface area contributed by atoms with Gasteiger partial charge in [-0.2, -0.15) is 0 Å². The molecule has 0 radical (unpaired) electrons. The lowest BCUT2D eigenvalue weighted by atomic mass is 10.3. The maximum atomic E-state index is 8.61. The summed E-state index contributed by atoms with van der Waals surface area (Å²) in [4.78, 5) is 2.09. The Morgan fingerprint density at radius 1 is 1.38 bits per heavy atom. The minimum Gasteiger partial charge on any atom is -0.396 e. The molecule has 0 amide bonds. The fraction of sp³-hybridized carbons (Fsp3) is 0.500. The summed E-state index contributed by atoms with van der Waals surface area (Å²) in [5, 5.41) is 8.61. The Kier molecular flexibility index (Phi) is 4.37. The van der Waals surface area contributed by atoms with Gasteiger partial charge in [0.2, 0.25) is 0 Å². The molecule has 1 aliphatic heterocycles. The third kappa shape index (κ3) is 3.06. The molecule has 3 nitrogen and oxygen atoms in total. The monoisotopic (exact) mass is 238 g/mol. The minimum atomic E-state index is -0.196. The average molecular weight is 238 g/mol. The van der Waals surface area contributed by atoms with Crippen LogP contribution in [0.25, 0.3) is 0 Å². The van der Waals surface area contributed by atoms with E-state index in [0.717, 1.165) is 22.6 Å². The van der Waals surface area contributed by atoms with Gasteiger partial charge in [-0.25, -0.2) is 0 Å². The molecule has 0 spiro atoms. The lowest BCUT2D eigenvalue weighted by Gasteiger charge is -2.03. The molecule has 16 heavy (non-hydrogen) atoms. The van der Waals surface area contributed by atoms with Crippen LogP contribution in [0, 0.1) is 11.8 Å². The molecule has 1 fully saturated rings. The molecule has 86 valence electrons. The van der Waals surface area contributed by atoms with Crippen LogP contribution >= 0.6 is 11.3 Å². The topological polar surface area (TPSA) is 38.7 Å². The van der Waals surface area contributed by atoms with Crippen LogP contribution in [0.4, 0.5) is 0 Å². The SMILES string of the molecule is OCCCC#Cc1ccc(C2OCCO2)s1. The number of aliphatic hydroxyl groups excluding tert-OH is 1. The van der Waals surface area contributed by atoms with E-state index >= 15 is 0 Å². The Labute approximate surface area is 99.0 Å². The van der Waals surface area contributed by atoms with Crippen LogP contribution in [-0.4, -0.2) is 24.9 Å². The van der Waals surface area contributed by atoms with E-state index in [1.54, 1.807) is 11.3 Å². The highest BCUT2D eigenvalue weighted by molar-refractivity contribution is 7.12. The molecule has 1 aliphatic rings. The number of thiophene rings is 1. The van der Waals surface area contributed by atoms with E-state index in [9.17, 15) is 0 Å². The van der Waals surface area contributed by atoms with Crippen LogP contribution in [-0.2, 0) is 9.47 Å². The van der Waals surface area contributed by atoms with Gasteiger partial charge in [0.05, 0.1) is 23.0 Å². The number of hydrogen-bond acceptors (Lipinski definition) is 4. The summed E-state index contributed by atoms with van der Waals surface area (Å²) in [6.45, 7) is 1.54. The van der Waals surface area contributed by atoms with Crippen molar-refractivity contribution in [2.45, 2.75) is 19.1 Å². The summed E-state index contributed by atoms with van der Waals surface area (Å²) in [7, 11) is 0. The summed E-state index contributed by atoms with van der Waals surface area (Å²) in [5.74, 6) is 6.09. The normalized spacial score (nSPS) is 16.1. The molecule has 0 bridgehead atoms. The van der Waals surface area contributed by atoms with Gasteiger partial charge in [0.15, 0.2) is 6.29 Å². The number of aliphatic hydroxyl groups is 1. The number of rotatable bonds is 3. The molecule has 1 aromatic rings. The zero-order chi connectivity index (χ0) is 11.2. The fourth-order valence-corrected chi connectivity index (χ4v) is 2.27. The quantitative estimate of drug-likeness (QED) is 0.646. The van der Waals surface area contributed by atoms with E-state index in [1.807, 2.05) is 12.1 Å². The molecule has 1 saturated heterocycles. The molecule has 1 aromatic heterocycles. The van der Waals surface area contributed by atoms with Crippen LogP contribution in [0.3, 0.4) is 0 Å². The van der Waals surface area contributed by atoms with Crippen molar-refractivity contribution in [1.82, 2.24) is 0 Å². The van der Waals surface area contributed by atoms with Gasteiger partial charge < -0.3 is 14.6 Å². The molecular weight excluding hydrogens is 224 g/mol. The molecule has 0 aromatic carbocycles. The smallest absolute Gasteiger partial charge is 0.193 e. The van der Waals surface area contributed by atoms with E-state index in [2.05, 4.69) is 11.8 Å². The highest BCUT2D eigenvalue weighted by atomic mass is 32.1. The van der Waals surface area contributed by atoms with Crippen molar-refractivity contribution in [3.05, 3.63) is 21.9 Å². The maximum Gasteiger partial charge on any atom is 0.193 e. The first kappa shape index (κ1) is 11.6. The van der Waals surface area contributed by atoms with Crippen molar-refractivity contribution in [3.63, 3.8) is 0 Å². The highest BCUT2D eigenvalue weighted by Crippen LogP contribution is 2.29. The van der Waals surface area contributed by atoms with E-state index in [0.29, 0.717) is 13.2 Å². The molecule has 0 saturated carbocycles. The van der Waals surface area contributed by atoms with E-state index in [1.165, 1.54) is 0 Å². The van der Waals surface area contributed by atoms with Gasteiger partial charge in [0.25, 0.3) is 0 Å². The lowest BCUT2D eigenvalue weighted by molar-refractivity contribution is -0.0413. The molecule has 0 atom stereocenters. The summed E-state index contributed by atoms with van der Waals surface area (Å²) in [6.07, 6.45) is 1.28. The maximum absolute atomic E-state index is 8.61. The average Bonchev–Trinajstić information content (AvgIpc) is 2.94. The van der Waals surface area contributed by atoms with Gasteiger partial charge in [0, 0.05) is 13.0 Å². The summed E-state index contributed by atoms with van der Waals surface area (Å²) >= 11 is 1.60.